The molecule has 0 unspecified atom stereocenters. The minimum Gasteiger partial charge on any atom is -0.452 e. The van der Waals surface area contributed by atoms with E-state index in [0.29, 0.717) is 6.42 Å². The van der Waals surface area contributed by atoms with Crippen molar-refractivity contribution >= 4 is 23.5 Å². The van der Waals surface area contributed by atoms with Gasteiger partial charge in [0.15, 0.2) is 6.10 Å². The predicted octanol–water partition coefficient (Wildman–Crippen LogP) is 3.48. The molecule has 0 spiro atoms. The van der Waals surface area contributed by atoms with Crippen LogP contribution in [0.3, 0.4) is 0 Å². The fraction of sp³-hybridized carbons (Fsp3) is 0.400. The fourth-order valence-corrected chi connectivity index (χ4v) is 4.37. The van der Waals surface area contributed by atoms with Crippen molar-refractivity contribution in [1.29, 1.82) is 0 Å². The lowest BCUT2D eigenvalue weighted by atomic mass is 9.87. The Morgan fingerprint density at radius 2 is 1.87 bits per heavy atom. The van der Waals surface area contributed by atoms with Crippen molar-refractivity contribution in [3.63, 3.8) is 0 Å². The van der Waals surface area contributed by atoms with E-state index in [4.69, 9.17) is 4.74 Å². The smallest absolute Gasteiger partial charge is 0.311 e. The van der Waals surface area contributed by atoms with Crippen LogP contribution in [-0.2, 0) is 32.0 Å². The number of anilines is 1. The molecule has 1 fully saturated rings. The molecule has 6 nitrogen and oxygen atoms in total. The molecule has 1 N–H and O–H groups in total. The number of nitrogens with zero attached hydrogens (tertiary/aromatic N) is 1. The van der Waals surface area contributed by atoms with E-state index in [1.54, 1.807) is 11.8 Å². The van der Waals surface area contributed by atoms with Crippen LogP contribution in [0.1, 0.15) is 55.3 Å². The van der Waals surface area contributed by atoms with Gasteiger partial charge in [-0.2, -0.15) is 0 Å². The van der Waals surface area contributed by atoms with Gasteiger partial charge in [-0.3, -0.25) is 14.4 Å². The number of amides is 2. The lowest BCUT2D eigenvalue weighted by Crippen LogP contribution is -2.39. The number of ether oxygens (including phenoxy) is 1. The highest BCUT2D eigenvalue weighted by Crippen LogP contribution is 2.29. The number of aryl methyl sites for hydroxylation is 1. The highest BCUT2D eigenvalue weighted by atomic mass is 16.5. The lowest BCUT2D eigenvalue weighted by Gasteiger charge is -2.27. The van der Waals surface area contributed by atoms with Crippen LogP contribution < -0.4 is 10.2 Å². The van der Waals surface area contributed by atoms with Crippen LogP contribution in [0.5, 0.6) is 0 Å². The largest absolute Gasteiger partial charge is 0.452 e. The molecule has 0 bridgehead atoms. The van der Waals surface area contributed by atoms with Crippen LogP contribution in [-0.4, -0.2) is 30.4 Å². The molecule has 2 atom stereocenters. The van der Waals surface area contributed by atoms with Crippen molar-refractivity contribution in [1.82, 2.24) is 5.32 Å². The predicted molar refractivity (Wildman–Crippen MR) is 118 cm³/mol. The van der Waals surface area contributed by atoms with Crippen molar-refractivity contribution in [3.05, 3.63) is 65.2 Å². The Bertz CT molecular complexity index is 970. The molecule has 1 aliphatic carbocycles. The molecule has 0 radical (unpaired) electrons. The van der Waals surface area contributed by atoms with E-state index in [9.17, 15) is 14.4 Å². The third-order valence-electron chi connectivity index (χ3n) is 6.03. The van der Waals surface area contributed by atoms with E-state index < -0.39 is 12.1 Å². The highest BCUT2D eigenvalue weighted by molar-refractivity contribution is 5.95. The van der Waals surface area contributed by atoms with Crippen LogP contribution in [0.2, 0.25) is 0 Å². The van der Waals surface area contributed by atoms with E-state index >= 15 is 0 Å². The number of hydrogen-bond donors (Lipinski definition) is 1. The molecule has 2 aromatic rings. The first-order chi connectivity index (χ1) is 15.0. The summed E-state index contributed by atoms with van der Waals surface area (Å²) >= 11 is 0. The van der Waals surface area contributed by atoms with Crippen LogP contribution in [0.25, 0.3) is 0 Å². The molecule has 0 aromatic heterocycles. The molecule has 0 saturated carbocycles. The Labute approximate surface area is 182 Å². The third-order valence-corrected chi connectivity index (χ3v) is 6.03. The zero-order valence-corrected chi connectivity index (χ0v) is 17.8. The van der Waals surface area contributed by atoms with Gasteiger partial charge in [0.25, 0.3) is 5.91 Å². The van der Waals surface area contributed by atoms with Crippen molar-refractivity contribution < 1.29 is 19.1 Å². The first-order valence-electron chi connectivity index (χ1n) is 11.0. The minimum absolute atomic E-state index is 0.0422. The lowest BCUT2D eigenvalue weighted by molar-refractivity contribution is -0.154. The van der Waals surface area contributed by atoms with Crippen molar-refractivity contribution in [2.24, 2.45) is 0 Å². The number of rotatable bonds is 6. The zero-order chi connectivity index (χ0) is 21.8. The Hall–Kier alpha value is -3.15. The molecule has 2 aromatic carbocycles. The van der Waals surface area contributed by atoms with Gasteiger partial charge < -0.3 is 15.0 Å². The molecule has 31 heavy (non-hydrogen) atoms. The zero-order valence-electron chi connectivity index (χ0n) is 17.8. The number of carbonyl (C=O) groups excluding carboxylic acids is 3. The maximum absolute atomic E-state index is 12.6. The molecule has 2 aliphatic rings. The van der Waals surface area contributed by atoms with Crippen molar-refractivity contribution in [2.75, 3.05) is 11.4 Å². The molecule has 6 heteroatoms. The number of carbonyl (C=O) groups is 3. The average molecular weight is 421 g/mol. The topological polar surface area (TPSA) is 75.7 Å². The number of fused-ring (bicyclic) bond motifs is 1. The van der Waals surface area contributed by atoms with E-state index in [1.807, 2.05) is 36.4 Å². The van der Waals surface area contributed by atoms with Crippen molar-refractivity contribution in [3.8, 4) is 0 Å². The molecule has 1 aliphatic heterocycles. The Kier molecular flexibility index (Phi) is 6.35. The maximum atomic E-state index is 12.6. The quantitative estimate of drug-likeness (QED) is 0.726. The summed E-state index contributed by atoms with van der Waals surface area (Å²) in [5.41, 5.74) is 4.05. The second-order valence-electron chi connectivity index (χ2n) is 8.28. The summed E-state index contributed by atoms with van der Waals surface area (Å²) in [5.74, 6) is -0.595. The van der Waals surface area contributed by atoms with E-state index in [0.717, 1.165) is 49.0 Å². The first-order valence-corrected chi connectivity index (χ1v) is 11.0. The van der Waals surface area contributed by atoms with Gasteiger partial charge in [-0.05, 0) is 61.4 Å². The number of hydrogen-bond acceptors (Lipinski definition) is 4. The van der Waals surface area contributed by atoms with E-state index in [2.05, 4.69) is 17.4 Å². The molecule has 1 heterocycles. The van der Waals surface area contributed by atoms with Gasteiger partial charge in [0.2, 0.25) is 5.91 Å². The standard InChI is InChI=1S/C25H28N2O4/c1-17(25(30)26-22-9-4-7-19-6-2-3-8-21(19)22)31-24(29)16-18-11-13-20(14-12-18)27-15-5-10-23(27)28/h2-3,6,8,11-14,17,22H,4-5,7,9-10,15-16H2,1H3,(H,26,30)/t17-,22+/m0/s1. The summed E-state index contributed by atoms with van der Waals surface area (Å²) in [6.07, 6.45) is 3.61. The minimum atomic E-state index is -0.858. The molecule has 162 valence electrons. The van der Waals surface area contributed by atoms with Crippen molar-refractivity contribution in [2.45, 2.75) is 57.6 Å². The summed E-state index contributed by atoms with van der Waals surface area (Å²) in [6.45, 7) is 2.34. The molecular weight excluding hydrogens is 392 g/mol. The van der Waals surface area contributed by atoms with Gasteiger partial charge >= 0.3 is 5.97 Å². The fourth-order valence-electron chi connectivity index (χ4n) is 4.37. The first kappa shape index (κ1) is 21.1. The highest BCUT2D eigenvalue weighted by Gasteiger charge is 2.25. The van der Waals surface area contributed by atoms with Gasteiger partial charge in [0.1, 0.15) is 0 Å². The summed E-state index contributed by atoms with van der Waals surface area (Å²) in [4.78, 5) is 38.6. The molecule has 4 rings (SSSR count). The van der Waals surface area contributed by atoms with Gasteiger partial charge in [0.05, 0.1) is 12.5 Å². The second kappa shape index (κ2) is 9.33. The van der Waals surface area contributed by atoms with Gasteiger partial charge in [-0.25, -0.2) is 0 Å². The monoisotopic (exact) mass is 420 g/mol. The van der Waals surface area contributed by atoms with Crippen LogP contribution in [0.15, 0.2) is 48.5 Å². The molecular formula is C25H28N2O4. The Morgan fingerprint density at radius 3 is 2.61 bits per heavy atom. The number of esters is 1. The summed E-state index contributed by atoms with van der Waals surface area (Å²) in [7, 11) is 0. The van der Waals surface area contributed by atoms with Gasteiger partial charge in [-0.1, -0.05) is 36.4 Å². The molecule has 1 saturated heterocycles. The normalized spacial score (nSPS) is 18.9. The van der Waals surface area contributed by atoms with E-state index in [1.165, 1.54) is 5.56 Å². The SMILES string of the molecule is C[C@H](OC(=O)Cc1ccc(N2CCCC2=O)cc1)C(=O)N[C@@H]1CCCc2ccccc21. The maximum Gasteiger partial charge on any atom is 0.311 e. The van der Waals surface area contributed by atoms with E-state index in [-0.39, 0.29) is 24.3 Å². The number of nitrogens with one attached hydrogen (secondary N) is 1. The molecule has 2 amide bonds. The Morgan fingerprint density at radius 1 is 1.10 bits per heavy atom. The van der Waals surface area contributed by atoms with Gasteiger partial charge in [-0.15, -0.1) is 0 Å². The second-order valence-corrected chi connectivity index (χ2v) is 8.28. The number of benzene rings is 2. The summed E-state index contributed by atoms with van der Waals surface area (Å²) in [6, 6.07) is 15.5. The summed E-state index contributed by atoms with van der Waals surface area (Å²) < 4.78 is 5.38. The van der Waals surface area contributed by atoms with Crippen LogP contribution in [0, 0.1) is 0 Å². The van der Waals surface area contributed by atoms with Crippen LogP contribution >= 0.6 is 0 Å². The third kappa shape index (κ3) is 4.95. The summed E-state index contributed by atoms with van der Waals surface area (Å²) in [5, 5.41) is 3.03. The van der Waals surface area contributed by atoms with Gasteiger partial charge in [0, 0.05) is 18.7 Å². The van der Waals surface area contributed by atoms with Crippen LogP contribution in [0.4, 0.5) is 5.69 Å². The Balaban J connectivity index is 1.29. The average Bonchev–Trinajstić information content (AvgIpc) is 3.20.